The minimum Gasteiger partial charge on any atom is -0.374 e. The predicted octanol–water partition coefficient (Wildman–Crippen LogP) is 4.03. The van der Waals surface area contributed by atoms with Crippen LogP contribution < -0.4 is 5.32 Å². The molecule has 0 heterocycles. The van der Waals surface area contributed by atoms with Gasteiger partial charge in [-0.05, 0) is 70.7 Å². The molecule has 1 aromatic rings. The lowest BCUT2D eigenvalue weighted by Crippen LogP contribution is -2.50. The average molecular weight is 277 g/mol. The van der Waals surface area contributed by atoms with Gasteiger partial charge in [0, 0.05) is 12.6 Å². The second-order valence-corrected chi connectivity index (χ2v) is 6.17. The molecule has 0 aliphatic rings. The van der Waals surface area contributed by atoms with Crippen molar-refractivity contribution < 1.29 is 4.74 Å². The third-order valence-electron chi connectivity index (χ3n) is 4.01. The van der Waals surface area contributed by atoms with Crippen LogP contribution >= 0.6 is 0 Å². The van der Waals surface area contributed by atoms with Gasteiger partial charge in [0.05, 0.1) is 5.60 Å². The van der Waals surface area contributed by atoms with Gasteiger partial charge in [0.15, 0.2) is 0 Å². The summed E-state index contributed by atoms with van der Waals surface area (Å²) in [6.07, 6.45) is 2.15. The lowest BCUT2D eigenvalue weighted by atomic mass is 9.91. The molecular weight excluding hydrogens is 246 g/mol. The van der Waals surface area contributed by atoms with Gasteiger partial charge >= 0.3 is 0 Å². The Kier molecular flexibility index (Phi) is 6.70. The first-order chi connectivity index (χ1) is 9.40. The van der Waals surface area contributed by atoms with Crippen molar-refractivity contribution >= 4 is 0 Å². The molecule has 20 heavy (non-hydrogen) atoms. The highest BCUT2D eigenvalue weighted by Gasteiger charge is 2.29. The van der Waals surface area contributed by atoms with E-state index in [0.717, 1.165) is 26.0 Å². The van der Waals surface area contributed by atoms with Crippen LogP contribution in [-0.4, -0.2) is 24.8 Å². The number of hydrogen-bond acceptors (Lipinski definition) is 2. The second kappa shape index (κ2) is 7.80. The first-order valence-corrected chi connectivity index (χ1v) is 7.84. The van der Waals surface area contributed by atoms with Gasteiger partial charge in [-0.1, -0.05) is 25.1 Å². The maximum Gasteiger partial charge on any atom is 0.0781 e. The molecule has 1 rings (SSSR count). The van der Waals surface area contributed by atoms with Crippen LogP contribution in [0, 0.1) is 13.8 Å². The zero-order valence-corrected chi connectivity index (χ0v) is 14.0. The van der Waals surface area contributed by atoms with Crippen LogP contribution in [0.15, 0.2) is 18.2 Å². The summed E-state index contributed by atoms with van der Waals surface area (Å²) in [6.45, 7) is 14.8. The highest BCUT2D eigenvalue weighted by atomic mass is 16.5. The Hall–Kier alpha value is -0.860. The molecular formula is C18H31NO. The lowest BCUT2D eigenvalue weighted by molar-refractivity contribution is -0.0379. The van der Waals surface area contributed by atoms with Crippen molar-refractivity contribution in [2.75, 3.05) is 13.2 Å². The normalized spacial score (nSPS) is 13.5. The van der Waals surface area contributed by atoms with Crippen LogP contribution in [-0.2, 0) is 11.2 Å². The van der Waals surface area contributed by atoms with Gasteiger partial charge in [-0.3, -0.25) is 0 Å². The Balaban J connectivity index is 2.85. The summed E-state index contributed by atoms with van der Waals surface area (Å²) in [7, 11) is 0. The van der Waals surface area contributed by atoms with Crippen LogP contribution in [0.2, 0.25) is 0 Å². The largest absolute Gasteiger partial charge is 0.374 e. The molecule has 0 spiro atoms. The fourth-order valence-corrected chi connectivity index (χ4v) is 2.52. The minimum absolute atomic E-state index is 0.150. The molecule has 0 bridgehead atoms. The summed E-state index contributed by atoms with van der Waals surface area (Å²) in [5.74, 6) is 0. The van der Waals surface area contributed by atoms with E-state index in [-0.39, 0.29) is 5.60 Å². The van der Waals surface area contributed by atoms with Gasteiger partial charge in [0.2, 0.25) is 0 Å². The Morgan fingerprint density at radius 3 is 2.40 bits per heavy atom. The molecule has 0 radical (unpaired) electrons. The number of nitrogens with one attached hydrogen (secondary N) is 1. The van der Waals surface area contributed by atoms with Crippen LogP contribution in [0.5, 0.6) is 0 Å². The minimum atomic E-state index is -0.150. The van der Waals surface area contributed by atoms with Gasteiger partial charge in [-0.15, -0.1) is 0 Å². The van der Waals surface area contributed by atoms with Crippen molar-refractivity contribution in [2.45, 2.75) is 66.0 Å². The lowest BCUT2D eigenvalue weighted by Gasteiger charge is -2.35. The highest BCUT2D eigenvalue weighted by molar-refractivity contribution is 5.30. The van der Waals surface area contributed by atoms with Crippen molar-refractivity contribution in [1.29, 1.82) is 0 Å². The number of ether oxygens (including phenoxy) is 1. The van der Waals surface area contributed by atoms with E-state index in [1.807, 2.05) is 0 Å². The average Bonchev–Trinajstić information content (AvgIpc) is 2.38. The van der Waals surface area contributed by atoms with Crippen molar-refractivity contribution in [3.63, 3.8) is 0 Å². The van der Waals surface area contributed by atoms with Crippen LogP contribution in [0.4, 0.5) is 0 Å². The van der Waals surface area contributed by atoms with E-state index < -0.39 is 0 Å². The molecule has 1 atom stereocenters. The van der Waals surface area contributed by atoms with Crippen LogP contribution in [0.3, 0.4) is 0 Å². The van der Waals surface area contributed by atoms with Gasteiger partial charge in [0.1, 0.15) is 0 Å². The van der Waals surface area contributed by atoms with E-state index in [1.54, 1.807) is 0 Å². The van der Waals surface area contributed by atoms with Gasteiger partial charge in [0.25, 0.3) is 0 Å². The molecule has 0 fully saturated rings. The van der Waals surface area contributed by atoms with Crippen LogP contribution in [0.1, 0.15) is 50.8 Å². The number of aryl methyl sites for hydroxylation is 2. The molecule has 2 heteroatoms. The van der Waals surface area contributed by atoms with Gasteiger partial charge in [-0.2, -0.15) is 0 Å². The summed E-state index contributed by atoms with van der Waals surface area (Å²) >= 11 is 0. The van der Waals surface area contributed by atoms with E-state index in [1.165, 1.54) is 16.7 Å². The molecule has 0 saturated heterocycles. The zero-order valence-electron chi connectivity index (χ0n) is 14.0. The Bertz CT molecular complexity index is 412. The summed E-state index contributed by atoms with van der Waals surface area (Å²) in [6, 6.07) is 7.10. The second-order valence-electron chi connectivity index (χ2n) is 6.17. The quantitative estimate of drug-likeness (QED) is 0.774. The maximum atomic E-state index is 5.95. The molecule has 0 aliphatic heterocycles. The predicted molar refractivity (Wildman–Crippen MR) is 87.4 cm³/mol. The standard InChI is InChI=1S/C18H31NO/c1-7-11-19-17(18(5,6)20-8-2)13-16-10-9-14(3)15(4)12-16/h9-10,12,17,19H,7-8,11,13H2,1-6H3. The molecule has 1 unspecified atom stereocenters. The molecule has 0 aromatic heterocycles. The smallest absolute Gasteiger partial charge is 0.0781 e. The molecule has 0 aliphatic carbocycles. The SMILES string of the molecule is CCCNC(Cc1ccc(C)c(C)c1)C(C)(C)OCC. The molecule has 1 N–H and O–H groups in total. The highest BCUT2D eigenvalue weighted by Crippen LogP contribution is 2.20. The zero-order chi connectivity index (χ0) is 15.2. The van der Waals surface area contributed by atoms with Gasteiger partial charge in [-0.25, -0.2) is 0 Å². The Labute approximate surface area is 124 Å². The molecule has 1 aromatic carbocycles. The monoisotopic (exact) mass is 277 g/mol. The number of benzene rings is 1. The first kappa shape index (κ1) is 17.2. The third kappa shape index (κ3) is 4.92. The third-order valence-corrected chi connectivity index (χ3v) is 4.01. The summed E-state index contributed by atoms with van der Waals surface area (Å²) in [4.78, 5) is 0. The van der Waals surface area contributed by atoms with Crippen LogP contribution in [0.25, 0.3) is 0 Å². The fourth-order valence-electron chi connectivity index (χ4n) is 2.52. The molecule has 0 amide bonds. The van der Waals surface area contributed by atoms with Crippen molar-refractivity contribution in [2.24, 2.45) is 0 Å². The topological polar surface area (TPSA) is 21.3 Å². The number of hydrogen-bond donors (Lipinski definition) is 1. The van der Waals surface area contributed by atoms with Crippen molar-refractivity contribution in [1.82, 2.24) is 5.32 Å². The Morgan fingerprint density at radius 1 is 1.15 bits per heavy atom. The van der Waals surface area contributed by atoms with E-state index in [2.05, 4.69) is 65.1 Å². The summed E-state index contributed by atoms with van der Waals surface area (Å²) < 4.78 is 5.95. The van der Waals surface area contributed by atoms with E-state index >= 15 is 0 Å². The Morgan fingerprint density at radius 2 is 1.85 bits per heavy atom. The van der Waals surface area contributed by atoms with Crippen molar-refractivity contribution in [3.05, 3.63) is 34.9 Å². The van der Waals surface area contributed by atoms with E-state index in [0.29, 0.717) is 6.04 Å². The molecule has 2 nitrogen and oxygen atoms in total. The van der Waals surface area contributed by atoms with E-state index in [4.69, 9.17) is 4.74 Å². The van der Waals surface area contributed by atoms with Crippen molar-refractivity contribution in [3.8, 4) is 0 Å². The molecule has 0 saturated carbocycles. The first-order valence-electron chi connectivity index (χ1n) is 7.84. The van der Waals surface area contributed by atoms with E-state index in [9.17, 15) is 0 Å². The maximum absolute atomic E-state index is 5.95. The molecule has 114 valence electrons. The summed E-state index contributed by atoms with van der Waals surface area (Å²) in [5.41, 5.74) is 3.96. The van der Waals surface area contributed by atoms with Gasteiger partial charge < -0.3 is 10.1 Å². The number of rotatable bonds is 8. The fraction of sp³-hybridized carbons (Fsp3) is 0.667. The summed E-state index contributed by atoms with van der Waals surface area (Å²) in [5, 5.41) is 3.65.